The molecule has 0 aliphatic heterocycles. The highest BCUT2D eigenvalue weighted by Gasteiger charge is 2.16. The Kier molecular flexibility index (Phi) is 9.40. The number of carbonyl (C=O) groups is 3. The Morgan fingerprint density at radius 2 is 1.52 bits per heavy atom. The van der Waals surface area contributed by atoms with Crippen molar-refractivity contribution in [3.05, 3.63) is 143 Å². The van der Waals surface area contributed by atoms with Crippen LogP contribution in [-0.4, -0.2) is 24.2 Å². The summed E-state index contributed by atoms with van der Waals surface area (Å²) in [5.41, 5.74) is 4.12. The molecular formula is C34H30N2O4. The number of carbonyl (C=O) groups excluding carboxylic acids is 3. The highest BCUT2D eigenvalue weighted by molar-refractivity contribution is 6.11. The van der Waals surface area contributed by atoms with Gasteiger partial charge in [-0.3, -0.25) is 14.4 Å². The van der Waals surface area contributed by atoms with Gasteiger partial charge in [0.15, 0.2) is 5.78 Å². The van der Waals surface area contributed by atoms with Gasteiger partial charge in [0.2, 0.25) is 0 Å². The number of para-hydroxylation sites is 1. The van der Waals surface area contributed by atoms with Crippen LogP contribution in [-0.2, 0) is 4.79 Å². The first-order valence-corrected chi connectivity index (χ1v) is 12.9. The van der Waals surface area contributed by atoms with E-state index >= 15 is 0 Å². The molecule has 4 aromatic rings. The summed E-state index contributed by atoms with van der Waals surface area (Å²) in [4.78, 5) is 38.9. The van der Waals surface area contributed by atoms with E-state index in [1.165, 1.54) is 6.08 Å². The van der Waals surface area contributed by atoms with E-state index in [0.29, 0.717) is 34.7 Å². The Bertz CT molecular complexity index is 1550. The number of rotatable bonds is 10. The van der Waals surface area contributed by atoms with Crippen LogP contribution in [0.25, 0.3) is 12.2 Å². The minimum Gasteiger partial charge on any atom is -0.493 e. The average molecular weight is 531 g/mol. The largest absolute Gasteiger partial charge is 0.493 e. The molecule has 0 unspecified atom stereocenters. The van der Waals surface area contributed by atoms with Crippen molar-refractivity contribution < 1.29 is 19.1 Å². The normalized spacial score (nSPS) is 11.2. The summed E-state index contributed by atoms with van der Waals surface area (Å²) >= 11 is 0. The maximum Gasteiger partial charge on any atom is 0.272 e. The summed E-state index contributed by atoms with van der Waals surface area (Å²) in [6, 6.07) is 30.4. The standard InChI is InChI=1S/C34H30N2O4/c1-3-40-32-15-8-7-14-28(32)23-30(36-33(38)27-12-5-4-6-13-27)34(39)35-29-19-17-26(18-20-29)31(37)21-16-25-11-9-10-24(2)22-25/h4-23H,3H2,1-2H3,(H,35,39)(H,36,38)/b21-16+,30-23-. The molecule has 0 saturated carbocycles. The SMILES string of the molecule is CCOc1ccccc1/C=C(\NC(=O)c1ccccc1)C(=O)Nc1ccc(C(=O)/C=C/c2cccc(C)c2)cc1. The fourth-order valence-electron chi connectivity index (χ4n) is 3.94. The number of nitrogens with one attached hydrogen (secondary N) is 2. The quantitative estimate of drug-likeness (QED) is 0.177. The lowest BCUT2D eigenvalue weighted by atomic mass is 10.1. The van der Waals surface area contributed by atoms with Crippen LogP contribution in [0.5, 0.6) is 5.75 Å². The maximum atomic E-state index is 13.3. The molecule has 6 heteroatoms. The molecule has 0 aliphatic carbocycles. The third-order valence-electron chi connectivity index (χ3n) is 5.94. The minimum absolute atomic E-state index is 0.0437. The predicted molar refractivity (Wildman–Crippen MR) is 159 cm³/mol. The molecule has 4 aromatic carbocycles. The van der Waals surface area contributed by atoms with Crippen LogP contribution in [0.2, 0.25) is 0 Å². The number of ether oxygens (including phenoxy) is 1. The first kappa shape index (κ1) is 27.8. The van der Waals surface area contributed by atoms with Crippen molar-refractivity contribution in [3.8, 4) is 5.75 Å². The Morgan fingerprint density at radius 1 is 0.800 bits per heavy atom. The van der Waals surface area contributed by atoms with Crippen molar-refractivity contribution in [2.75, 3.05) is 11.9 Å². The number of anilines is 1. The van der Waals surface area contributed by atoms with Crippen LogP contribution in [0.15, 0.2) is 115 Å². The summed E-state index contributed by atoms with van der Waals surface area (Å²) in [7, 11) is 0. The lowest BCUT2D eigenvalue weighted by molar-refractivity contribution is -0.113. The molecule has 2 amide bonds. The van der Waals surface area contributed by atoms with E-state index in [9.17, 15) is 14.4 Å². The molecule has 0 aromatic heterocycles. The lowest BCUT2D eigenvalue weighted by Gasteiger charge is -2.13. The molecule has 2 N–H and O–H groups in total. The Balaban J connectivity index is 1.53. The van der Waals surface area contributed by atoms with E-state index < -0.39 is 11.8 Å². The van der Waals surface area contributed by atoms with Crippen LogP contribution in [0.1, 0.15) is 44.3 Å². The number of allylic oxidation sites excluding steroid dienone is 1. The summed E-state index contributed by atoms with van der Waals surface area (Å²) in [5, 5.41) is 5.54. The number of hydrogen-bond acceptors (Lipinski definition) is 4. The highest BCUT2D eigenvalue weighted by Crippen LogP contribution is 2.21. The third-order valence-corrected chi connectivity index (χ3v) is 5.94. The Morgan fingerprint density at radius 3 is 2.25 bits per heavy atom. The predicted octanol–water partition coefficient (Wildman–Crippen LogP) is 6.70. The third kappa shape index (κ3) is 7.65. The number of ketones is 1. The van der Waals surface area contributed by atoms with E-state index in [2.05, 4.69) is 10.6 Å². The lowest BCUT2D eigenvalue weighted by Crippen LogP contribution is -2.30. The molecule has 40 heavy (non-hydrogen) atoms. The van der Waals surface area contributed by atoms with Gasteiger partial charge < -0.3 is 15.4 Å². The first-order chi connectivity index (χ1) is 19.4. The van der Waals surface area contributed by atoms with Crippen molar-refractivity contribution >= 4 is 35.4 Å². The van der Waals surface area contributed by atoms with Gasteiger partial charge in [-0.2, -0.15) is 0 Å². The van der Waals surface area contributed by atoms with Gasteiger partial charge >= 0.3 is 0 Å². The van der Waals surface area contributed by atoms with Gasteiger partial charge in [-0.1, -0.05) is 72.3 Å². The smallest absolute Gasteiger partial charge is 0.272 e. The van der Waals surface area contributed by atoms with Gasteiger partial charge in [0.1, 0.15) is 11.4 Å². The molecule has 0 heterocycles. The van der Waals surface area contributed by atoms with Crippen molar-refractivity contribution in [2.45, 2.75) is 13.8 Å². The summed E-state index contributed by atoms with van der Waals surface area (Å²) < 4.78 is 5.69. The van der Waals surface area contributed by atoms with Crippen LogP contribution >= 0.6 is 0 Å². The molecule has 0 atom stereocenters. The molecule has 0 aliphatic rings. The van der Waals surface area contributed by atoms with Crippen molar-refractivity contribution in [2.24, 2.45) is 0 Å². The molecule has 0 fully saturated rings. The molecule has 0 radical (unpaired) electrons. The topological polar surface area (TPSA) is 84.5 Å². The highest BCUT2D eigenvalue weighted by atomic mass is 16.5. The van der Waals surface area contributed by atoms with Gasteiger partial charge in [-0.25, -0.2) is 0 Å². The number of aryl methyl sites for hydroxylation is 1. The fraction of sp³-hybridized carbons (Fsp3) is 0.0882. The summed E-state index contributed by atoms with van der Waals surface area (Å²) in [6.45, 7) is 4.32. The van der Waals surface area contributed by atoms with Crippen LogP contribution in [0.3, 0.4) is 0 Å². The molecule has 6 nitrogen and oxygen atoms in total. The van der Waals surface area contributed by atoms with Crippen molar-refractivity contribution in [1.29, 1.82) is 0 Å². The average Bonchev–Trinajstić information content (AvgIpc) is 2.97. The van der Waals surface area contributed by atoms with E-state index in [1.807, 2.05) is 56.3 Å². The van der Waals surface area contributed by atoms with Gasteiger partial charge in [0, 0.05) is 22.4 Å². The minimum atomic E-state index is -0.519. The van der Waals surface area contributed by atoms with Crippen molar-refractivity contribution in [1.82, 2.24) is 5.32 Å². The second kappa shape index (κ2) is 13.5. The summed E-state index contributed by atoms with van der Waals surface area (Å²) in [5.74, 6) is -0.500. The maximum absolute atomic E-state index is 13.3. The Hall–Kier alpha value is -5.23. The van der Waals surface area contributed by atoms with Gasteiger partial charge in [0.05, 0.1) is 6.61 Å². The van der Waals surface area contributed by atoms with Gasteiger partial charge in [-0.05, 0) is 74.0 Å². The summed E-state index contributed by atoms with van der Waals surface area (Å²) in [6.07, 6.45) is 4.88. The fourth-order valence-corrected chi connectivity index (χ4v) is 3.94. The molecule has 0 bridgehead atoms. The van der Waals surface area contributed by atoms with E-state index in [0.717, 1.165) is 11.1 Å². The molecule has 4 rings (SSSR count). The second-order valence-corrected chi connectivity index (χ2v) is 8.99. The number of amides is 2. The zero-order valence-corrected chi connectivity index (χ0v) is 22.4. The van der Waals surface area contributed by atoms with Crippen LogP contribution in [0, 0.1) is 6.92 Å². The van der Waals surface area contributed by atoms with E-state index in [-0.39, 0.29) is 11.5 Å². The van der Waals surface area contributed by atoms with E-state index in [4.69, 9.17) is 4.74 Å². The monoisotopic (exact) mass is 530 g/mol. The molecule has 200 valence electrons. The molecule has 0 spiro atoms. The van der Waals surface area contributed by atoms with Crippen LogP contribution < -0.4 is 15.4 Å². The van der Waals surface area contributed by atoms with Gasteiger partial charge in [-0.15, -0.1) is 0 Å². The molecule has 0 saturated heterocycles. The first-order valence-electron chi connectivity index (χ1n) is 12.9. The Labute approximate surface area is 234 Å². The zero-order valence-electron chi connectivity index (χ0n) is 22.4. The zero-order chi connectivity index (χ0) is 28.3. The number of benzene rings is 4. The number of hydrogen-bond donors (Lipinski definition) is 2. The van der Waals surface area contributed by atoms with Crippen molar-refractivity contribution in [3.63, 3.8) is 0 Å². The van der Waals surface area contributed by atoms with Gasteiger partial charge in [0.25, 0.3) is 11.8 Å². The molecular weight excluding hydrogens is 500 g/mol. The second-order valence-electron chi connectivity index (χ2n) is 8.99. The van der Waals surface area contributed by atoms with E-state index in [1.54, 1.807) is 72.8 Å². The van der Waals surface area contributed by atoms with Crippen LogP contribution in [0.4, 0.5) is 5.69 Å².